The van der Waals surface area contributed by atoms with Crippen molar-refractivity contribution in [2.45, 2.75) is 213 Å². The normalized spacial score (nSPS) is 14.0. The molecule has 5 heteroatoms. The van der Waals surface area contributed by atoms with Crippen LogP contribution < -0.4 is 0 Å². The summed E-state index contributed by atoms with van der Waals surface area (Å²) in [5, 5.41) is 9.67. The van der Waals surface area contributed by atoms with Gasteiger partial charge in [-0.3, -0.25) is 9.59 Å². The molecule has 84 heavy (non-hydrogen) atoms. The standard InChI is InChI=1S/C79H114O5/c1-3-5-7-9-11-13-15-17-19-21-23-25-27-29-31-33-34-35-36-37-38-39-40-41-42-43-44-46-48-50-52-54-56-58-60-62-64-66-68-70-72-74-79(82)84-77(75-80)76-83-78(81)73-71-69-67-65-63-61-59-57-55-53-51-49-47-45-32-30-28-26-24-22-20-18-16-14-12-10-8-6-4-2/h5-8,11-14,17-20,23-26,29-32,34-35,37-38,40-41,43-44,47-50,53-56,59-62,65,67,77,80H,3-4,9-10,15-16,21-22,27-28,33,36,39,42,45-46,51-52,57-58,63-64,66,68-76H2,1-2H3/b7-5-,8-6-,13-11-,14-12-,19-17-,20-18-,25-23-,26-24-,31-29-,32-30-,35-34-,38-37-,41-40-,44-43-,49-47-,50-48-,55-53-,56-54-,61-59-,62-60-,67-65-. The van der Waals surface area contributed by atoms with Crippen molar-refractivity contribution in [1.82, 2.24) is 0 Å². The van der Waals surface area contributed by atoms with Crippen LogP contribution >= 0.6 is 0 Å². The third-order valence-corrected chi connectivity index (χ3v) is 12.3. The van der Waals surface area contributed by atoms with Gasteiger partial charge in [-0.25, -0.2) is 0 Å². The van der Waals surface area contributed by atoms with Gasteiger partial charge in [0.15, 0.2) is 6.10 Å². The Hall–Kier alpha value is -6.56. The molecule has 1 N–H and O–H groups in total. The first-order valence-corrected chi connectivity index (χ1v) is 32.2. The molecule has 460 valence electrons. The molecule has 5 nitrogen and oxygen atoms in total. The summed E-state index contributed by atoms with van der Waals surface area (Å²) in [5.41, 5.74) is 0. The second-order valence-electron chi connectivity index (χ2n) is 20.0. The molecular weight excluding hydrogens is 1030 g/mol. The van der Waals surface area contributed by atoms with Gasteiger partial charge in [0, 0.05) is 12.8 Å². The van der Waals surface area contributed by atoms with Crippen LogP contribution in [0, 0.1) is 0 Å². The van der Waals surface area contributed by atoms with Crippen LogP contribution in [0.5, 0.6) is 0 Å². The van der Waals surface area contributed by atoms with Crippen molar-refractivity contribution in [2.75, 3.05) is 13.2 Å². The van der Waals surface area contributed by atoms with Gasteiger partial charge in [0.25, 0.3) is 0 Å². The molecule has 0 saturated carbocycles. The SMILES string of the molecule is CC/C=C\C/C=C\C/C=C\C/C=C\C/C=C\C/C=C\C/C=C\C/C=C\C/C=C\C/C=C\C/C=C\C/C=C\CCCCCCC(=O)OC(CO)COC(=O)CCC/C=C\C/C=C\C/C=C\C/C=C\C/C=C\C/C=C\C/C=C\C/C=C\C/C=C\CC. The van der Waals surface area contributed by atoms with E-state index in [4.69, 9.17) is 9.47 Å². The van der Waals surface area contributed by atoms with Gasteiger partial charge in [-0.2, -0.15) is 0 Å². The van der Waals surface area contributed by atoms with Crippen LogP contribution in [0.4, 0.5) is 0 Å². The van der Waals surface area contributed by atoms with Crippen LogP contribution in [-0.2, 0) is 19.1 Å². The molecule has 0 aromatic carbocycles. The van der Waals surface area contributed by atoms with E-state index in [1.54, 1.807) is 0 Å². The number of ether oxygens (including phenoxy) is 2. The Labute approximate surface area is 514 Å². The van der Waals surface area contributed by atoms with Crippen molar-refractivity contribution >= 4 is 11.9 Å². The minimum atomic E-state index is -0.833. The summed E-state index contributed by atoms with van der Waals surface area (Å²) in [7, 11) is 0. The molecule has 0 spiro atoms. The summed E-state index contributed by atoms with van der Waals surface area (Å²) >= 11 is 0. The Morgan fingerprint density at radius 1 is 0.274 bits per heavy atom. The smallest absolute Gasteiger partial charge is 0.306 e. The minimum Gasteiger partial charge on any atom is -0.462 e. The molecule has 0 aliphatic rings. The van der Waals surface area contributed by atoms with Gasteiger partial charge in [0.1, 0.15) is 6.61 Å². The Morgan fingerprint density at radius 2 is 0.488 bits per heavy atom. The predicted molar refractivity (Wildman–Crippen MR) is 370 cm³/mol. The van der Waals surface area contributed by atoms with E-state index in [0.717, 1.165) is 173 Å². The lowest BCUT2D eigenvalue weighted by molar-refractivity contribution is -0.161. The average molecular weight is 1140 g/mol. The van der Waals surface area contributed by atoms with E-state index in [-0.39, 0.29) is 31.6 Å². The van der Waals surface area contributed by atoms with Crippen molar-refractivity contribution in [1.29, 1.82) is 0 Å². The van der Waals surface area contributed by atoms with Crippen LogP contribution in [0.3, 0.4) is 0 Å². The Bertz CT molecular complexity index is 2170. The highest BCUT2D eigenvalue weighted by molar-refractivity contribution is 5.70. The maximum absolute atomic E-state index is 12.3. The zero-order valence-corrected chi connectivity index (χ0v) is 52.5. The predicted octanol–water partition coefficient (Wildman–Crippen LogP) is 22.9. The first kappa shape index (κ1) is 77.4. The lowest BCUT2D eigenvalue weighted by Crippen LogP contribution is -2.28. The highest BCUT2D eigenvalue weighted by atomic mass is 16.6. The molecule has 1 atom stereocenters. The van der Waals surface area contributed by atoms with Crippen LogP contribution in [0.15, 0.2) is 255 Å². The van der Waals surface area contributed by atoms with Crippen molar-refractivity contribution < 1.29 is 24.2 Å². The number of unbranched alkanes of at least 4 members (excludes halogenated alkanes) is 5. The molecular formula is C79H114O5. The summed E-state index contributed by atoms with van der Waals surface area (Å²) < 4.78 is 10.6. The first-order valence-electron chi connectivity index (χ1n) is 32.2. The summed E-state index contributed by atoms with van der Waals surface area (Å²) in [6.45, 7) is 3.82. The molecule has 0 radical (unpaired) electrons. The maximum atomic E-state index is 12.3. The lowest BCUT2D eigenvalue weighted by atomic mass is 10.1. The van der Waals surface area contributed by atoms with Crippen molar-refractivity contribution in [3.05, 3.63) is 255 Å². The minimum absolute atomic E-state index is 0.126. The molecule has 0 aromatic rings. The zero-order valence-electron chi connectivity index (χ0n) is 52.5. The second kappa shape index (κ2) is 70.7. The maximum Gasteiger partial charge on any atom is 0.306 e. The average Bonchev–Trinajstić information content (AvgIpc) is 3.51. The summed E-state index contributed by atoms with van der Waals surface area (Å²) in [4.78, 5) is 24.6. The van der Waals surface area contributed by atoms with Gasteiger partial charge < -0.3 is 14.6 Å². The van der Waals surface area contributed by atoms with Crippen LogP contribution in [-0.4, -0.2) is 36.4 Å². The van der Waals surface area contributed by atoms with Crippen molar-refractivity contribution in [3.8, 4) is 0 Å². The number of aliphatic hydroxyl groups is 1. The summed E-state index contributed by atoms with van der Waals surface area (Å²) in [6, 6.07) is 0. The quantitative estimate of drug-likeness (QED) is 0.0373. The van der Waals surface area contributed by atoms with Crippen LogP contribution in [0.2, 0.25) is 0 Å². The number of rotatable bonds is 55. The van der Waals surface area contributed by atoms with Gasteiger partial charge in [-0.1, -0.05) is 282 Å². The monoisotopic (exact) mass is 1140 g/mol. The second-order valence-corrected chi connectivity index (χ2v) is 20.0. The van der Waals surface area contributed by atoms with Crippen molar-refractivity contribution in [2.24, 2.45) is 0 Å². The zero-order chi connectivity index (χ0) is 60.5. The van der Waals surface area contributed by atoms with E-state index in [9.17, 15) is 14.7 Å². The van der Waals surface area contributed by atoms with E-state index >= 15 is 0 Å². The number of allylic oxidation sites excluding steroid dienone is 42. The van der Waals surface area contributed by atoms with E-state index in [0.29, 0.717) is 12.8 Å². The molecule has 0 saturated heterocycles. The third-order valence-electron chi connectivity index (χ3n) is 12.3. The summed E-state index contributed by atoms with van der Waals surface area (Å²) in [6.07, 6.45) is 120. The molecule has 0 rings (SSSR count). The molecule has 0 amide bonds. The molecule has 1 unspecified atom stereocenters. The number of carbonyl (C=O) groups is 2. The largest absolute Gasteiger partial charge is 0.462 e. The van der Waals surface area contributed by atoms with Gasteiger partial charge in [-0.15, -0.1) is 0 Å². The highest BCUT2D eigenvalue weighted by Crippen LogP contribution is 2.10. The number of hydrogen-bond acceptors (Lipinski definition) is 5. The number of carbonyl (C=O) groups excluding carboxylic acids is 2. The molecule has 0 aliphatic heterocycles. The van der Waals surface area contributed by atoms with E-state index in [2.05, 4.69) is 269 Å². The molecule has 0 bridgehead atoms. The number of esters is 2. The van der Waals surface area contributed by atoms with Crippen molar-refractivity contribution in [3.63, 3.8) is 0 Å². The Morgan fingerprint density at radius 3 is 0.738 bits per heavy atom. The fraction of sp³-hybridized carbons (Fsp3) is 0.443. The van der Waals surface area contributed by atoms with E-state index in [1.165, 1.54) is 0 Å². The van der Waals surface area contributed by atoms with Gasteiger partial charge >= 0.3 is 11.9 Å². The van der Waals surface area contributed by atoms with Gasteiger partial charge in [0.05, 0.1) is 6.61 Å². The fourth-order valence-electron chi connectivity index (χ4n) is 7.59. The van der Waals surface area contributed by atoms with Gasteiger partial charge in [-0.05, 0) is 167 Å². The lowest BCUT2D eigenvalue weighted by Gasteiger charge is -2.15. The third kappa shape index (κ3) is 67.9. The molecule has 0 aromatic heterocycles. The number of aliphatic hydroxyl groups excluding tert-OH is 1. The summed E-state index contributed by atoms with van der Waals surface area (Å²) in [5.74, 6) is -0.714. The van der Waals surface area contributed by atoms with Crippen LogP contribution in [0.1, 0.15) is 206 Å². The molecule has 0 aliphatic carbocycles. The topological polar surface area (TPSA) is 72.8 Å². The van der Waals surface area contributed by atoms with E-state index in [1.807, 2.05) is 0 Å². The number of hydrogen-bond donors (Lipinski definition) is 1. The molecule has 0 heterocycles. The Balaban J connectivity index is 3.77. The van der Waals surface area contributed by atoms with Gasteiger partial charge in [0.2, 0.25) is 0 Å². The highest BCUT2D eigenvalue weighted by Gasteiger charge is 2.16. The van der Waals surface area contributed by atoms with E-state index < -0.39 is 6.10 Å². The Kier molecular flexibility index (Phi) is 65.2. The van der Waals surface area contributed by atoms with Crippen LogP contribution in [0.25, 0.3) is 0 Å². The first-order chi connectivity index (χ1) is 41.6. The molecule has 0 fully saturated rings. The fourth-order valence-corrected chi connectivity index (χ4v) is 7.59.